The summed E-state index contributed by atoms with van der Waals surface area (Å²) in [6.07, 6.45) is 0.788. The maximum atomic E-state index is 10.3. The lowest BCUT2D eigenvalue weighted by molar-refractivity contribution is 0.401. The molecule has 2 aromatic carbocycles. The Labute approximate surface area is 140 Å². The molecule has 3 aromatic rings. The molecule has 0 aliphatic heterocycles. The van der Waals surface area contributed by atoms with Gasteiger partial charge in [-0.25, -0.2) is 0 Å². The third-order valence-electron chi connectivity index (χ3n) is 3.94. The predicted octanol–water partition coefficient (Wildman–Crippen LogP) is 4.29. The lowest BCUT2D eigenvalue weighted by Crippen LogP contribution is -1.91. The molecule has 0 unspecified atom stereocenters. The molecule has 24 heavy (non-hydrogen) atoms. The number of ether oxygens (including phenoxy) is 2. The maximum absolute atomic E-state index is 10.3. The van der Waals surface area contributed by atoms with Crippen molar-refractivity contribution in [1.29, 1.82) is 0 Å². The van der Waals surface area contributed by atoms with Gasteiger partial charge < -0.3 is 19.1 Å². The van der Waals surface area contributed by atoms with Crippen molar-refractivity contribution in [3.63, 3.8) is 0 Å². The van der Waals surface area contributed by atoms with Crippen molar-refractivity contribution in [1.82, 2.24) is 5.16 Å². The summed E-state index contributed by atoms with van der Waals surface area (Å²) in [4.78, 5) is 0. The van der Waals surface area contributed by atoms with Crippen molar-refractivity contribution in [2.45, 2.75) is 13.3 Å². The van der Waals surface area contributed by atoms with Gasteiger partial charge in [0.05, 0.1) is 19.8 Å². The highest BCUT2D eigenvalue weighted by atomic mass is 16.5. The van der Waals surface area contributed by atoms with Crippen molar-refractivity contribution in [2.75, 3.05) is 14.2 Å². The molecule has 3 rings (SSSR count). The standard InChI is InChI=1S/C19H19NO4/c1-4-12-9-15(17(21)11-18(12)23-3)19-10-16(20-24-19)13-5-7-14(22-2)8-6-13/h5-11,21H,4H2,1-3H3. The number of nitrogens with zero attached hydrogens (tertiary/aromatic N) is 1. The van der Waals surface area contributed by atoms with E-state index in [0.29, 0.717) is 22.8 Å². The van der Waals surface area contributed by atoms with Gasteiger partial charge in [0.1, 0.15) is 22.9 Å². The van der Waals surface area contributed by atoms with E-state index in [2.05, 4.69) is 5.16 Å². The van der Waals surface area contributed by atoms with E-state index in [-0.39, 0.29) is 5.75 Å². The molecular formula is C19H19NO4. The number of aromatic hydroxyl groups is 1. The normalized spacial score (nSPS) is 10.6. The Bertz CT molecular complexity index is 837. The molecule has 5 nitrogen and oxygen atoms in total. The molecule has 0 amide bonds. The van der Waals surface area contributed by atoms with Crippen molar-refractivity contribution in [2.24, 2.45) is 0 Å². The fraction of sp³-hybridized carbons (Fsp3) is 0.211. The lowest BCUT2D eigenvalue weighted by atomic mass is 10.0. The first-order chi connectivity index (χ1) is 11.7. The largest absolute Gasteiger partial charge is 0.507 e. The topological polar surface area (TPSA) is 64.7 Å². The summed E-state index contributed by atoms with van der Waals surface area (Å²) in [6.45, 7) is 2.03. The van der Waals surface area contributed by atoms with E-state index in [4.69, 9.17) is 14.0 Å². The molecule has 1 N–H and O–H groups in total. The summed E-state index contributed by atoms with van der Waals surface area (Å²) in [6, 6.07) is 12.8. The van der Waals surface area contributed by atoms with E-state index in [1.165, 1.54) is 0 Å². The predicted molar refractivity (Wildman–Crippen MR) is 91.5 cm³/mol. The lowest BCUT2D eigenvalue weighted by Gasteiger charge is -2.09. The zero-order chi connectivity index (χ0) is 17.1. The van der Waals surface area contributed by atoms with Gasteiger partial charge in [0.2, 0.25) is 0 Å². The van der Waals surface area contributed by atoms with Crippen LogP contribution in [0.15, 0.2) is 47.0 Å². The quantitative estimate of drug-likeness (QED) is 0.758. The molecule has 1 heterocycles. The summed E-state index contributed by atoms with van der Waals surface area (Å²) in [7, 11) is 3.21. The number of hydrogen-bond donors (Lipinski definition) is 1. The van der Waals surface area contributed by atoms with Gasteiger partial charge in [0, 0.05) is 17.7 Å². The smallest absolute Gasteiger partial charge is 0.171 e. The van der Waals surface area contributed by atoms with Gasteiger partial charge in [0.15, 0.2) is 5.76 Å². The van der Waals surface area contributed by atoms with Crippen LogP contribution >= 0.6 is 0 Å². The number of hydrogen-bond acceptors (Lipinski definition) is 5. The zero-order valence-corrected chi connectivity index (χ0v) is 13.9. The Kier molecular flexibility index (Phi) is 4.42. The molecule has 0 aliphatic rings. The van der Waals surface area contributed by atoms with Crippen LogP contribution in [0.3, 0.4) is 0 Å². The zero-order valence-electron chi connectivity index (χ0n) is 13.9. The van der Waals surface area contributed by atoms with Crippen LogP contribution in [-0.4, -0.2) is 24.5 Å². The minimum absolute atomic E-state index is 0.0986. The van der Waals surface area contributed by atoms with E-state index in [1.54, 1.807) is 20.3 Å². The number of methoxy groups -OCH3 is 2. The average molecular weight is 325 g/mol. The van der Waals surface area contributed by atoms with Gasteiger partial charge in [-0.3, -0.25) is 0 Å². The van der Waals surface area contributed by atoms with Gasteiger partial charge in [-0.2, -0.15) is 0 Å². The number of rotatable bonds is 5. The third-order valence-corrected chi connectivity index (χ3v) is 3.94. The number of aromatic nitrogens is 1. The van der Waals surface area contributed by atoms with Crippen LogP contribution in [0.4, 0.5) is 0 Å². The van der Waals surface area contributed by atoms with Gasteiger partial charge >= 0.3 is 0 Å². The Hall–Kier alpha value is -2.95. The highest BCUT2D eigenvalue weighted by Gasteiger charge is 2.15. The second-order valence-corrected chi connectivity index (χ2v) is 5.34. The summed E-state index contributed by atoms with van der Waals surface area (Å²) in [5, 5.41) is 14.4. The van der Waals surface area contributed by atoms with Crippen molar-refractivity contribution >= 4 is 0 Å². The minimum atomic E-state index is 0.0986. The van der Waals surface area contributed by atoms with Crippen LogP contribution in [0.2, 0.25) is 0 Å². The van der Waals surface area contributed by atoms with Crippen LogP contribution in [-0.2, 0) is 6.42 Å². The van der Waals surface area contributed by atoms with Crippen molar-refractivity contribution in [3.8, 4) is 39.8 Å². The summed E-state index contributed by atoms with van der Waals surface area (Å²) in [5.41, 5.74) is 3.20. The molecule has 0 aliphatic carbocycles. The molecule has 0 radical (unpaired) electrons. The molecule has 0 saturated carbocycles. The van der Waals surface area contributed by atoms with E-state index < -0.39 is 0 Å². The molecular weight excluding hydrogens is 306 g/mol. The first kappa shape index (κ1) is 15.9. The molecule has 0 bridgehead atoms. The second kappa shape index (κ2) is 6.66. The van der Waals surface area contributed by atoms with Gasteiger partial charge in [-0.1, -0.05) is 12.1 Å². The number of aryl methyl sites for hydroxylation is 1. The Balaban J connectivity index is 1.98. The molecule has 0 saturated heterocycles. The second-order valence-electron chi connectivity index (χ2n) is 5.34. The molecule has 0 atom stereocenters. The van der Waals surface area contributed by atoms with Crippen molar-refractivity contribution < 1.29 is 19.1 Å². The summed E-state index contributed by atoms with van der Waals surface area (Å²) in [5.74, 6) is 2.05. The monoisotopic (exact) mass is 325 g/mol. The van der Waals surface area contributed by atoms with Gasteiger partial charge in [0.25, 0.3) is 0 Å². The molecule has 5 heteroatoms. The van der Waals surface area contributed by atoms with E-state index in [1.807, 2.05) is 43.3 Å². The van der Waals surface area contributed by atoms with Crippen molar-refractivity contribution in [3.05, 3.63) is 48.0 Å². The highest BCUT2D eigenvalue weighted by molar-refractivity contribution is 5.72. The Morgan fingerprint density at radius 3 is 2.42 bits per heavy atom. The van der Waals surface area contributed by atoms with Gasteiger partial charge in [-0.05, 0) is 42.3 Å². The maximum Gasteiger partial charge on any atom is 0.171 e. The van der Waals surface area contributed by atoms with E-state index >= 15 is 0 Å². The first-order valence-electron chi connectivity index (χ1n) is 7.67. The van der Waals surface area contributed by atoms with Crippen LogP contribution in [0.5, 0.6) is 17.2 Å². The van der Waals surface area contributed by atoms with Gasteiger partial charge in [-0.15, -0.1) is 0 Å². The summed E-state index contributed by atoms with van der Waals surface area (Å²) >= 11 is 0. The van der Waals surface area contributed by atoms with Crippen LogP contribution in [0.1, 0.15) is 12.5 Å². The third kappa shape index (κ3) is 2.93. The molecule has 0 spiro atoms. The SMILES string of the molecule is CCc1cc(-c2cc(-c3ccc(OC)cc3)no2)c(O)cc1OC. The molecule has 0 fully saturated rings. The highest BCUT2D eigenvalue weighted by Crippen LogP contribution is 2.37. The average Bonchev–Trinajstić information content (AvgIpc) is 3.11. The number of phenolic OH excluding ortho intramolecular Hbond substituents is 1. The van der Waals surface area contributed by atoms with Crippen LogP contribution in [0.25, 0.3) is 22.6 Å². The minimum Gasteiger partial charge on any atom is -0.507 e. The van der Waals surface area contributed by atoms with Crippen LogP contribution in [0, 0.1) is 0 Å². The number of phenols is 1. The molecule has 124 valence electrons. The first-order valence-corrected chi connectivity index (χ1v) is 7.67. The number of benzene rings is 2. The van der Waals surface area contributed by atoms with Crippen LogP contribution < -0.4 is 9.47 Å². The fourth-order valence-corrected chi connectivity index (χ4v) is 2.58. The Morgan fingerprint density at radius 1 is 1.04 bits per heavy atom. The Morgan fingerprint density at radius 2 is 1.79 bits per heavy atom. The van der Waals surface area contributed by atoms with E-state index in [0.717, 1.165) is 23.3 Å². The summed E-state index contributed by atoms with van der Waals surface area (Å²) < 4.78 is 15.9. The van der Waals surface area contributed by atoms with E-state index in [9.17, 15) is 5.11 Å². The molecule has 1 aromatic heterocycles. The fourth-order valence-electron chi connectivity index (χ4n) is 2.58.